The van der Waals surface area contributed by atoms with E-state index in [0.29, 0.717) is 12.6 Å². The molecule has 2 aliphatic rings. The van der Waals surface area contributed by atoms with Gasteiger partial charge in [-0.3, -0.25) is 9.55 Å². The highest BCUT2D eigenvalue weighted by Crippen LogP contribution is 2.46. The molecule has 5 heterocycles. The third kappa shape index (κ3) is 3.12. The number of aryl methyl sites for hydroxylation is 2. The molecule has 0 N–H and O–H groups in total. The van der Waals surface area contributed by atoms with Crippen LogP contribution in [0.2, 0.25) is 0 Å². The number of pyridine rings is 1. The van der Waals surface area contributed by atoms with E-state index in [1.165, 1.54) is 0 Å². The van der Waals surface area contributed by atoms with E-state index < -0.39 is 0 Å². The lowest BCUT2D eigenvalue weighted by Gasteiger charge is -2.30. The first-order valence-corrected chi connectivity index (χ1v) is 11.5. The number of imidazole rings is 1. The first kappa shape index (κ1) is 20.2. The van der Waals surface area contributed by atoms with E-state index in [4.69, 9.17) is 14.2 Å². The Labute approximate surface area is 192 Å². The van der Waals surface area contributed by atoms with Crippen LogP contribution in [0.4, 0.5) is 5.95 Å². The molecule has 8 nitrogen and oxygen atoms in total. The largest absolute Gasteiger partial charge is 0.488 e. The fraction of sp³-hybridized carbons (Fsp3) is 0.400. The number of hydrogen-bond acceptors (Lipinski definition) is 7. The van der Waals surface area contributed by atoms with Gasteiger partial charge < -0.3 is 19.1 Å². The summed E-state index contributed by atoms with van der Waals surface area (Å²) in [5.41, 5.74) is 5.78. The summed E-state index contributed by atoms with van der Waals surface area (Å²) in [7, 11) is 4.30. The molecule has 0 amide bonds. The standard InChI is InChI=1S/C25H28N6O2/c1-15-22(16(2)33-28-15)18-8-9-20-23-24(18)32-14-21(19-7-5-6-11-26-19)31(23)25(27-20)30-12-10-17(13-30)29(3)4/h5-9,11,17,21H,10,12-14H2,1-4H3/t17-,21+/m0/s1. The highest BCUT2D eigenvalue weighted by Gasteiger charge is 2.35. The van der Waals surface area contributed by atoms with Crippen LogP contribution in [0.1, 0.15) is 29.6 Å². The molecular weight excluding hydrogens is 416 g/mol. The molecule has 0 radical (unpaired) electrons. The molecule has 1 aromatic carbocycles. The van der Waals surface area contributed by atoms with Gasteiger partial charge in [0.15, 0.2) is 5.75 Å². The zero-order valence-electron chi connectivity index (χ0n) is 19.4. The SMILES string of the molecule is Cc1noc(C)c1-c1ccc2nc(N3CC[C@H](N(C)C)C3)n3c2c1OC[C@@H]3c1ccccn1. The van der Waals surface area contributed by atoms with Crippen molar-refractivity contribution in [2.45, 2.75) is 32.4 Å². The minimum absolute atomic E-state index is 0.0444. The van der Waals surface area contributed by atoms with Crippen LogP contribution >= 0.6 is 0 Å². The molecule has 0 saturated carbocycles. The van der Waals surface area contributed by atoms with Gasteiger partial charge in [-0.15, -0.1) is 0 Å². The van der Waals surface area contributed by atoms with Crippen molar-refractivity contribution < 1.29 is 9.26 Å². The molecule has 3 aromatic heterocycles. The van der Waals surface area contributed by atoms with E-state index in [1.807, 2.05) is 32.2 Å². The number of ether oxygens (including phenoxy) is 1. The van der Waals surface area contributed by atoms with Gasteiger partial charge in [-0.05, 0) is 58.6 Å². The van der Waals surface area contributed by atoms with Gasteiger partial charge in [0.2, 0.25) is 5.95 Å². The van der Waals surface area contributed by atoms with Gasteiger partial charge in [0, 0.05) is 30.9 Å². The zero-order valence-corrected chi connectivity index (χ0v) is 19.4. The van der Waals surface area contributed by atoms with Crippen LogP contribution in [-0.2, 0) is 0 Å². The second-order valence-electron chi connectivity index (χ2n) is 9.22. The monoisotopic (exact) mass is 444 g/mol. The number of rotatable bonds is 4. The Morgan fingerprint density at radius 2 is 2.00 bits per heavy atom. The number of anilines is 1. The van der Waals surface area contributed by atoms with Crippen LogP contribution in [0.5, 0.6) is 5.75 Å². The average molecular weight is 445 g/mol. The summed E-state index contributed by atoms with van der Waals surface area (Å²) in [6.07, 6.45) is 2.97. The van der Waals surface area contributed by atoms with Crippen molar-refractivity contribution in [3.05, 3.63) is 53.7 Å². The third-order valence-electron chi connectivity index (χ3n) is 6.99. The Morgan fingerprint density at radius 1 is 1.12 bits per heavy atom. The Balaban J connectivity index is 1.58. The fourth-order valence-electron chi connectivity index (χ4n) is 5.25. The minimum Gasteiger partial charge on any atom is -0.488 e. The molecule has 2 aliphatic heterocycles. The molecule has 33 heavy (non-hydrogen) atoms. The summed E-state index contributed by atoms with van der Waals surface area (Å²) in [6, 6.07) is 10.7. The third-order valence-corrected chi connectivity index (χ3v) is 6.99. The maximum absolute atomic E-state index is 6.47. The van der Waals surface area contributed by atoms with E-state index >= 15 is 0 Å². The molecule has 1 fully saturated rings. The van der Waals surface area contributed by atoms with Crippen LogP contribution in [0.3, 0.4) is 0 Å². The van der Waals surface area contributed by atoms with Crippen molar-refractivity contribution >= 4 is 17.0 Å². The van der Waals surface area contributed by atoms with Crippen LogP contribution in [0.25, 0.3) is 22.2 Å². The summed E-state index contributed by atoms with van der Waals surface area (Å²) in [5, 5.41) is 4.17. The lowest BCUT2D eigenvalue weighted by atomic mass is 10.0. The van der Waals surface area contributed by atoms with Crippen molar-refractivity contribution in [3.8, 4) is 16.9 Å². The molecular formula is C25H28N6O2. The van der Waals surface area contributed by atoms with Crippen molar-refractivity contribution in [3.63, 3.8) is 0 Å². The molecule has 6 rings (SSSR count). The fourth-order valence-corrected chi connectivity index (χ4v) is 5.25. The van der Waals surface area contributed by atoms with Gasteiger partial charge >= 0.3 is 0 Å². The van der Waals surface area contributed by atoms with Gasteiger partial charge in [0.1, 0.15) is 23.9 Å². The summed E-state index contributed by atoms with van der Waals surface area (Å²) in [6.45, 7) is 6.34. The smallest absolute Gasteiger partial charge is 0.207 e. The molecule has 170 valence electrons. The molecule has 4 aromatic rings. The maximum Gasteiger partial charge on any atom is 0.207 e. The molecule has 0 unspecified atom stereocenters. The number of aromatic nitrogens is 4. The summed E-state index contributed by atoms with van der Waals surface area (Å²) < 4.78 is 14.3. The van der Waals surface area contributed by atoms with Gasteiger partial charge in [0.25, 0.3) is 0 Å². The Hall–Kier alpha value is -3.39. The predicted molar refractivity (Wildman–Crippen MR) is 127 cm³/mol. The normalized spacial score (nSPS) is 20.1. The summed E-state index contributed by atoms with van der Waals surface area (Å²) in [5.74, 6) is 2.62. The Bertz CT molecular complexity index is 1310. The molecule has 1 saturated heterocycles. The zero-order chi connectivity index (χ0) is 22.7. The molecule has 2 atom stereocenters. The van der Waals surface area contributed by atoms with E-state index in [1.54, 1.807) is 0 Å². The van der Waals surface area contributed by atoms with E-state index in [2.05, 4.69) is 56.8 Å². The van der Waals surface area contributed by atoms with Crippen molar-refractivity contribution in [1.29, 1.82) is 0 Å². The average Bonchev–Trinajstić information content (AvgIpc) is 3.54. The second kappa shape index (κ2) is 7.59. The lowest BCUT2D eigenvalue weighted by molar-refractivity contribution is 0.257. The molecule has 0 spiro atoms. The van der Waals surface area contributed by atoms with Crippen molar-refractivity contribution in [2.24, 2.45) is 0 Å². The van der Waals surface area contributed by atoms with Crippen molar-refractivity contribution in [2.75, 3.05) is 38.7 Å². The van der Waals surface area contributed by atoms with Gasteiger partial charge in [0.05, 0.1) is 22.5 Å². The number of nitrogens with zero attached hydrogens (tertiary/aromatic N) is 6. The highest BCUT2D eigenvalue weighted by molar-refractivity contribution is 5.94. The first-order valence-electron chi connectivity index (χ1n) is 11.5. The first-order chi connectivity index (χ1) is 16.0. The summed E-state index contributed by atoms with van der Waals surface area (Å²) >= 11 is 0. The highest BCUT2D eigenvalue weighted by atomic mass is 16.5. The van der Waals surface area contributed by atoms with Crippen LogP contribution in [-0.4, -0.2) is 64.4 Å². The van der Waals surface area contributed by atoms with Crippen LogP contribution in [0.15, 0.2) is 41.1 Å². The molecule has 0 aliphatic carbocycles. The van der Waals surface area contributed by atoms with Gasteiger partial charge in [-0.1, -0.05) is 11.2 Å². The van der Waals surface area contributed by atoms with Gasteiger partial charge in [-0.2, -0.15) is 0 Å². The topological polar surface area (TPSA) is 72.5 Å². The van der Waals surface area contributed by atoms with Crippen LogP contribution < -0.4 is 9.64 Å². The quantitative estimate of drug-likeness (QED) is 0.474. The lowest BCUT2D eigenvalue weighted by Crippen LogP contribution is -2.34. The molecule has 0 bridgehead atoms. The maximum atomic E-state index is 6.47. The predicted octanol–water partition coefficient (Wildman–Crippen LogP) is 3.83. The molecule has 8 heteroatoms. The van der Waals surface area contributed by atoms with E-state index in [9.17, 15) is 0 Å². The van der Waals surface area contributed by atoms with E-state index in [-0.39, 0.29) is 6.04 Å². The number of likely N-dealkylation sites (N-methyl/N-ethyl adjacent to an activating group) is 1. The van der Waals surface area contributed by atoms with Crippen molar-refractivity contribution in [1.82, 2.24) is 24.6 Å². The van der Waals surface area contributed by atoms with E-state index in [0.717, 1.165) is 70.5 Å². The Kier molecular flexibility index (Phi) is 4.65. The summed E-state index contributed by atoms with van der Waals surface area (Å²) in [4.78, 5) is 14.5. The second-order valence-corrected chi connectivity index (χ2v) is 9.22. The minimum atomic E-state index is -0.0444. The number of benzene rings is 1. The van der Waals surface area contributed by atoms with Crippen LogP contribution in [0, 0.1) is 13.8 Å². The van der Waals surface area contributed by atoms with Gasteiger partial charge in [-0.25, -0.2) is 4.98 Å². The number of hydrogen-bond donors (Lipinski definition) is 0. The Morgan fingerprint density at radius 3 is 2.70 bits per heavy atom.